The molecule has 0 saturated carbocycles. The van der Waals surface area contributed by atoms with Crippen molar-refractivity contribution < 1.29 is 19.1 Å². The van der Waals surface area contributed by atoms with E-state index in [0.29, 0.717) is 48.1 Å². The number of carbonyl (C=O) groups is 2. The summed E-state index contributed by atoms with van der Waals surface area (Å²) in [6.45, 7) is 4.57. The maximum absolute atomic E-state index is 12.6. The van der Waals surface area contributed by atoms with E-state index in [1.54, 1.807) is 48.2 Å². The molecule has 29 heavy (non-hydrogen) atoms. The van der Waals surface area contributed by atoms with Crippen LogP contribution in [0, 0.1) is 0 Å². The van der Waals surface area contributed by atoms with Gasteiger partial charge in [-0.3, -0.25) is 9.59 Å². The predicted octanol–water partition coefficient (Wildman–Crippen LogP) is 4.82. The topological polar surface area (TPSA) is 76.7 Å². The molecule has 6 nitrogen and oxygen atoms in total. The summed E-state index contributed by atoms with van der Waals surface area (Å²) in [5, 5.41) is 5.77. The van der Waals surface area contributed by atoms with E-state index in [-0.39, 0.29) is 11.8 Å². The van der Waals surface area contributed by atoms with Gasteiger partial charge in [0.05, 0.1) is 24.6 Å². The minimum Gasteiger partial charge on any atom is -0.492 e. The van der Waals surface area contributed by atoms with Gasteiger partial charge in [0.1, 0.15) is 11.5 Å². The van der Waals surface area contributed by atoms with Gasteiger partial charge in [0, 0.05) is 24.1 Å². The van der Waals surface area contributed by atoms with Crippen LogP contribution in [0.3, 0.4) is 0 Å². The van der Waals surface area contributed by atoms with Gasteiger partial charge in [-0.2, -0.15) is 11.8 Å². The van der Waals surface area contributed by atoms with Crippen molar-refractivity contribution >= 4 is 35.0 Å². The van der Waals surface area contributed by atoms with Gasteiger partial charge in [-0.25, -0.2) is 0 Å². The molecule has 0 spiro atoms. The van der Waals surface area contributed by atoms with E-state index in [2.05, 4.69) is 10.6 Å². The van der Waals surface area contributed by atoms with Gasteiger partial charge in [-0.15, -0.1) is 0 Å². The summed E-state index contributed by atoms with van der Waals surface area (Å²) in [6, 6.07) is 12.3. The first-order valence-electron chi connectivity index (χ1n) is 9.67. The Balaban J connectivity index is 2.27. The lowest BCUT2D eigenvalue weighted by atomic mass is 10.2. The van der Waals surface area contributed by atoms with Crippen molar-refractivity contribution in [3.8, 4) is 11.5 Å². The highest BCUT2D eigenvalue weighted by molar-refractivity contribution is 7.98. The predicted molar refractivity (Wildman–Crippen MR) is 119 cm³/mol. The Morgan fingerprint density at radius 3 is 2.07 bits per heavy atom. The zero-order valence-corrected chi connectivity index (χ0v) is 17.9. The SMILES string of the molecule is CCOc1cc(NC(=O)c2ccccc2)c(OCC)cc1NC(=O)CCCSC. The van der Waals surface area contributed by atoms with Gasteiger partial charge in [0.15, 0.2) is 0 Å². The third kappa shape index (κ3) is 7.02. The molecule has 0 aromatic heterocycles. The highest BCUT2D eigenvalue weighted by Gasteiger charge is 2.16. The molecular formula is C22H28N2O4S. The average Bonchev–Trinajstić information content (AvgIpc) is 2.72. The van der Waals surface area contributed by atoms with Crippen molar-refractivity contribution in [2.75, 3.05) is 35.9 Å². The standard InChI is InChI=1S/C22H28N2O4S/c1-4-27-19-15-18(24-22(26)16-10-7-6-8-11-16)20(28-5-2)14-17(19)23-21(25)12-9-13-29-3/h6-8,10-11,14-15H,4-5,9,12-13H2,1-3H3,(H,23,25)(H,24,26). The molecule has 0 atom stereocenters. The third-order valence-electron chi connectivity index (χ3n) is 3.99. The summed E-state index contributed by atoms with van der Waals surface area (Å²) >= 11 is 1.71. The Bertz CT molecular complexity index is 812. The summed E-state index contributed by atoms with van der Waals surface area (Å²) in [5.41, 5.74) is 1.56. The zero-order valence-electron chi connectivity index (χ0n) is 17.1. The number of thioether (sulfide) groups is 1. The number of hydrogen-bond acceptors (Lipinski definition) is 5. The van der Waals surface area contributed by atoms with E-state index in [9.17, 15) is 9.59 Å². The fraction of sp³-hybridized carbons (Fsp3) is 0.364. The number of carbonyl (C=O) groups excluding carboxylic acids is 2. The molecule has 0 aliphatic rings. The lowest BCUT2D eigenvalue weighted by molar-refractivity contribution is -0.116. The summed E-state index contributed by atoms with van der Waals surface area (Å²) < 4.78 is 11.4. The monoisotopic (exact) mass is 416 g/mol. The van der Waals surface area contributed by atoms with Crippen LogP contribution in [0.2, 0.25) is 0 Å². The molecule has 2 aromatic rings. The van der Waals surface area contributed by atoms with Gasteiger partial charge >= 0.3 is 0 Å². The quantitative estimate of drug-likeness (QED) is 0.514. The van der Waals surface area contributed by atoms with Crippen LogP contribution >= 0.6 is 11.8 Å². The van der Waals surface area contributed by atoms with Crippen molar-refractivity contribution in [3.63, 3.8) is 0 Å². The van der Waals surface area contributed by atoms with Crippen molar-refractivity contribution in [1.82, 2.24) is 0 Å². The Morgan fingerprint density at radius 2 is 1.52 bits per heavy atom. The van der Waals surface area contributed by atoms with Gasteiger partial charge in [-0.05, 0) is 44.4 Å². The van der Waals surface area contributed by atoms with Crippen LogP contribution in [0.1, 0.15) is 37.0 Å². The summed E-state index contributed by atoms with van der Waals surface area (Å²) in [7, 11) is 0. The fourth-order valence-electron chi connectivity index (χ4n) is 2.68. The molecule has 2 N–H and O–H groups in total. The number of amides is 2. The van der Waals surface area contributed by atoms with Gasteiger partial charge in [0.25, 0.3) is 5.91 Å². The highest BCUT2D eigenvalue weighted by Crippen LogP contribution is 2.37. The van der Waals surface area contributed by atoms with E-state index in [4.69, 9.17) is 9.47 Å². The smallest absolute Gasteiger partial charge is 0.255 e. The number of ether oxygens (including phenoxy) is 2. The number of hydrogen-bond donors (Lipinski definition) is 2. The van der Waals surface area contributed by atoms with Crippen LogP contribution in [0.5, 0.6) is 11.5 Å². The molecule has 0 fully saturated rings. The largest absolute Gasteiger partial charge is 0.492 e. The molecule has 156 valence electrons. The molecular weight excluding hydrogens is 388 g/mol. The van der Waals surface area contributed by atoms with E-state index in [0.717, 1.165) is 12.2 Å². The van der Waals surface area contributed by atoms with Gasteiger partial charge in [-0.1, -0.05) is 18.2 Å². The minimum atomic E-state index is -0.247. The van der Waals surface area contributed by atoms with Crippen molar-refractivity contribution in [2.24, 2.45) is 0 Å². The van der Waals surface area contributed by atoms with Crippen LogP contribution in [0.15, 0.2) is 42.5 Å². The first-order valence-corrected chi connectivity index (χ1v) is 11.1. The Labute approximate surface area is 176 Å². The third-order valence-corrected chi connectivity index (χ3v) is 4.69. The Morgan fingerprint density at radius 1 is 0.931 bits per heavy atom. The average molecular weight is 417 g/mol. The maximum atomic E-state index is 12.6. The molecule has 0 aliphatic carbocycles. The molecule has 2 aromatic carbocycles. The minimum absolute atomic E-state index is 0.0801. The first-order chi connectivity index (χ1) is 14.1. The normalized spacial score (nSPS) is 10.3. The van der Waals surface area contributed by atoms with Crippen LogP contribution in [-0.4, -0.2) is 37.0 Å². The molecule has 2 rings (SSSR count). The summed E-state index contributed by atoms with van der Waals surface area (Å²) in [6.07, 6.45) is 3.26. The molecule has 0 heterocycles. The number of rotatable bonds is 11. The van der Waals surface area contributed by atoms with Crippen LogP contribution in [0.4, 0.5) is 11.4 Å². The molecule has 0 aliphatic heterocycles. The Kier molecular flexibility index (Phi) is 9.37. The molecule has 0 bridgehead atoms. The van der Waals surface area contributed by atoms with E-state index in [1.165, 1.54) is 0 Å². The van der Waals surface area contributed by atoms with Crippen molar-refractivity contribution in [1.29, 1.82) is 0 Å². The molecule has 2 amide bonds. The van der Waals surface area contributed by atoms with E-state index < -0.39 is 0 Å². The lowest BCUT2D eigenvalue weighted by Crippen LogP contribution is -2.15. The van der Waals surface area contributed by atoms with Crippen molar-refractivity contribution in [2.45, 2.75) is 26.7 Å². The number of anilines is 2. The van der Waals surface area contributed by atoms with E-state index >= 15 is 0 Å². The molecule has 0 unspecified atom stereocenters. The maximum Gasteiger partial charge on any atom is 0.255 e. The van der Waals surface area contributed by atoms with Crippen LogP contribution < -0.4 is 20.1 Å². The fourth-order valence-corrected chi connectivity index (χ4v) is 3.11. The number of benzene rings is 2. The number of nitrogens with one attached hydrogen (secondary N) is 2. The van der Waals surface area contributed by atoms with Crippen LogP contribution in [-0.2, 0) is 4.79 Å². The Hall–Kier alpha value is -2.67. The lowest BCUT2D eigenvalue weighted by Gasteiger charge is -2.18. The molecule has 7 heteroatoms. The highest BCUT2D eigenvalue weighted by atomic mass is 32.2. The summed E-state index contributed by atoms with van der Waals surface area (Å²) in [5.74, 6) is 1.56. The van der Waals surface area contributed by atoms with Gasteiger partial charge in [0.2, 0.25) is 5.91 Å². The van der Waals surface area contributed by atoms with E-state index in [1.807, 2.05) is 26.2 Å². The second-order valence-electron chi connectivity index (χ2n) is 6.18. The summed E-state index contributed by atoms with van der Waals surface area (Å²) in [4.78, 5) is 24.8. The molecule has 0 radical (unpaired) electrons. The first kappa shape index (κ1) is 22.6. The van der Waals surface area contributed by atoms with Gasteiger partial charge < -0.3 is 20.1 Å². The molecule has 0 saturated heterocycles. The van der Waals surface area contributed by atoms with Crippen LogP contribution in [0.25, 0.3) is 0 Å². The second kappa shape index (κ2) is 12.0. The van der Waals surface area contributed by atoms with Crippen molar-refractivity contribution in [3.05, 3.63) is 48.0 Å². The second-order valence-corrected chi connectivity index (χ2v) is 7.16. The zero-order chi connectivity index (χ0) is 21.1.